The zero-order chi connectivity index (χ0) is 23.3. The minimum atomic E-state index is -2.53. The van der Waals surface area contributed by atoms with Crippen LogP contribution in [0.5, 0.6) is 0 Å². The van der Waals surface area contributed by atoms with Gasteiger partial charge in [-0.3, -0.25) is 0 Å². The quantitative estimate of drug-likeness (QED) is 0.230. The molecule has 0 amide bonds. The Hall–Kier alpha value is -1.06. The minimum Gasteiger partial charge on any atom is -1.00 e. The van der Waals surface area contributed by atoms with Gasteiger partial charge in [0.1, 0.15) is 0 Å². The molecular formula is C30H33Cl3SiTi. The summed E-state index contributed by atoms with van der Waals surface area (Å²) in [4.78, 5) is 0. The summed E-state index contributed by atoms with van der Waals surface area (Å²) >= 11 is 2.54. The molecule has 1 aliphatic rings. The van der Waals surface area contributed by atoms with E-state index in [1.165, 1.54) is 54.5 Å². The maximum Gasteiger partial charge on any atom is -1.00 e. The van der Waals surface area contributed by atoms with E-state index in [-0.39, 0.29) is 40.6 Å². The van der Waals surface area contributed by atoms with Crippen LogP contribution in [-0.4, -0.2) is 8.07 Å². The Labute approximate surface area is 243 Å². The summed E-state index contributed by atoms with van der Waals surface area (Å²) in [6.45, 7) is 16.2. The van der Waals surface area contributed by atoms with Crippen molar-refractivity contribution in [2.75, 3.05) is 0 Å². The molecule has 0 aliphatic heterocycles. The SMILES string of the molecule is CC1=C(C)[C]([Ti+3])([Si](c2ccccc2)(c2ccccc2)c2cc(C)c(C)c(C)c2)C(C)=C1C.[Cl-].[Cl-].[Cl-]. The monoisotopic (exact) mass is 574 g/mol. The van der Waals surface area contributed by atoms with Crippen molar-refractivity contribution in [3.63, 3.8) is 0 Å². The number of hydrogen-bond donors (Lipinski definition) is 0. The molecule has 0 spiro atoms. The molecule has 0 aromatic heterocycles. The second kappa shape index (κ2) is 12.0. The molecule has 0 nitrogen and oxygen atoms in total. The van der Waals surface area contributed by atoms with Crippen molar-refractivity contribution in [2.45, 2.75) is 51.8 Å². The van der Waals surface area contributed by atoms with Crippen LogP contribution < -0.4 is 52.8 Å². The van der Waals surface area contributed by atoms with Crippen LogP contribution in [-0.2, 0) is 20.4 Å². The van der Waals surface area contributed by atoms with Gasteiger partial charge >= 0.3 is 208 Å². The Bertz CT molecular complexity index is 1160. The number of aryl methyl sites for hydroxylation is 2. The van der Waals surface area contributed by atoms with E-state index in [0.29, 0.717) is 0 Å². The van der Waals surface area contributed by atoms with Crippen LogP contribution in [0.3, 0.4) is 0 Å². The summed E-state index contributed by atoms with van der Waals surface area (Å²) < 4.78 is -0.0436. The third-order valence-corrected chi connectivity index (χ3v) is 16.5. The molecule has 0 N–H and O–H groups in total. The standard InChI is InChI=1S/C30H33Si.3ClH.Ti/c1-20-18-29(19-21(2)22(20)3)31(27-14-10-8-11-15-27,28-16-12-9-13-17-28)30-25(6)23(4)24(5)26(30)7;;;;/h8-19H,1-7H3;3*1H;/q;;;;+3/p-3. The van der Waals surface area contributed by atoms with E-state index < -0.39 is 8.07 Å². The third-order valence-electron chi connectivity index (χ3n) is 8.15. The smallest absolute Gasteiger partial charge is 1.00 e. The van der Waals surface area contributed by atoms with Crippen molar-refractivity contribution in [2.24, 2.45) is 0 Å². The maximum atomic E-state index is 2.54. The first-order valence-corrected chi connectivity index (χ1v) is 14.3. The first-order valence-electron chi connectivity index (χ1n) is 11.5. The molecule has 0 radical (unpaired) electrons. The molecule has 0 atom stereocenters. The molecule has 0 unspecified atom stereocenters. The largest absolute Gasteiger partial charge is 1.00 e. The van der Waals surface area contributed by atoms with Gasteiger partial charge in [0, 0.05) is 0 Å². The van der Waals surface area contributed by atoms with Crippen molar-refractivity contribution in [1.29, 1.82) is 0 Å². The normalized spacial score (nSPS) is 14.8. The molecule has 0 saturated carbocycles. The minimum absolute atomic E-state index is 0. The van der Waals surface area contributed by atoms with Crippen LogP contribution in [0.1, 0.15) is 44.4 Å². The molecule has 5 heteroatoms. The van der Waals surface area contributed by atoms with Gasteiger partial charge in [-0.1, -0.05) is 0 Å². The van der Waals surface area contributed by atoms with Gasteiger partial charge in [-0.25, -0.2) is 0 Å². The Kier molecular flexibility index (Phi) is 11.0. The summed E-state index contributed by atoms with van der Waals surface area (Å²) in [5.41, 5.74) is 10.2. The average molecular weight is 576 g/mol. The Balaban J connectivity index is 0.00000204. The molecule has 1 aliphatic carbocycles. The summed E-state index contributed by atoms with van der Waals surface area (Å²) in [5.74, 6) is 0. The summed E-state index contributed by atoms with van der Waals surface area (Å²) in [6.07, 6.45) is 0. The summed E-state index contributed by atoms with van der Waals surface area (Å²) in [7, 11) is -2.53. The Morgan fingerprint density at radius 2 is 0.886 bits per heavy atom. The van der Waals surface area contributed by atoms with Gasteiger partial charge in [0.2, 0.25) is 0 Å². The molecule has 182 valence electrons. The van der Waals surface area contributed by atoms with Crippen LogP contribution >= 0.6 is 0 Å². The van der Waals surface area contributed by atoms with E-state index in [9.17, 15) is 0 Å². The Morgan fingerprint density at radius 3 is 1.23 bits per heavy atom. The molecule has 0 heterocycles. The number of allylic oxidation sites excluding steroid dienone is 4. The first kappa shape index (κ1) is 32.0. The predicted molar refractivity (Wildman–Crippen MR) is 138 cm³/mol. The molecule has 0 fully saturated rings. The van der Waals surface area contributed by atoms with Crippen LogP contribution in [0.25, 0.3) is 0 Å². The van der Waals surface area contributed by atoms with E-state index in [2.05, 4.69) is 142 Å². The van der Waals surface area contributed by atoms with E-state index >= 15 is 0 Å². The number of hydrogen-bond acceptors (Lipinski definition) is 0. The third kappa shape index (κ3) is 4.70. The van der Waals surface area contributed by atoms with Gasteiger partial charge in [0.25, 0.3) is 0 Å². The fourth-order valence-corrected chi connectivity index (χ4v) is 14.4. The van der Waals surface area contributed by atoms with Gasteiger partial charge in [0.05, 0.1) is 0 Å². The van der Waals surface area contributed by atoms with E-state index in [1.54, 1.807) is 0 Å². The van der Waals surface area contributed by atoms with Crippen LogP contribution in [0.4, 0.5) is 0 Å². The van der Waals surface area contributed by atoms with Crippen LogP contribution in [0.2, 0.25) is 3.34 Å². The van der Waals surface area contributed by atoms with Crippen LogP contribution in [0, 0.1) is 20.8 Å². The molecular weight excluding hydrogens is 543 g/mol. The van der Waals surface area contributed by atoms with Crippen molar-refractivity contribution in [3.8, 4) is 0 Å². The number of benzene rings is 3. The van der Waals surface area contributed by atoms with Crippen molar-refractivity contribution in [1.82, 2.24) is 0 Å². The number of halogens is 3. The fraction of sp³-hybridized carbons (Fsp3) is 0.267. The average Bonchev–Trinajstić information content (AvgIpc) is 2.95. The van der Waals surface area contributed by atoms with Crippen molar-refractivity contribution >= 4 is 23.6 Å². The zero-order valence-electron chi connectivity index (χ0n) is 21.6. The van der Waals surface area contributed by atoms with Gasteiger partial charge in [-0.2, -0.15) is 0 Å². The zero-order valence-corrected chi connectivity index (χ0v) is 26.4. The van der Waals surface area contributed by atoms with Gasteiger partial charge in [-0.05, 0) is 0 Å². The first-order chi connectivity index (χ1) is 15.2. The van der Waals surface area contributed by atoms with Crippen LogP contribution in [0.15, 0.2) is 95.1 Å². The Morgan fingerprint density at radius 1 is 0.543 bits per heavy atom. The summed E-state index contributed by atoms with van der Waals surface area (Å²) in [6, 6.07) is 27.8. The molecule has 3 aromatic rings. The predicted octanol–water partition coefficient (Wildman–Crippen LogP) is -2.97. The van der Waals surface area contributed by atoms with Gasteiger partial charge in [-0.15, -0.1) is 0 Å². The van der Waals surface area contributed by atoms with Crippen molar-refractivity contribution in [3.05, 3.63) is 112 Å². The molecule has 0 saturated heterocycles. The molecule has 3 aromatic carbocycles. The van der Waals surface area contributed by atoms with E-state index in [4.69, 9.17) is 0 Å². The molecule has 0 bridgehead atoms. The van der Waals surface area contributed by atoms with E-state index in [1.807, 2.05) is 0 Å². The van der Waals surface area contributed by atoms with Crippen molar-refractivity contribution < 1.29 is 57.7 Å². The van der Waals surface area contributed by atoms with Gasteiger partial charge in [0.15, 0.2) is 0 Å². The van der Waals surface area contributed by atoms with E-state index in [0.717, 1.165) is 0 Å². The summed E-state index contributed by atoms with van der Waals surface area (Å²) in [5, 5.41) is 4.48. The molecule has 35 heavy (non-hydrogen) atoms. The maximum absolute atomic E-state index is 2.54. The number of rotatable bonds is 4. The second-order valence-corrected chi connectivity index (χ2v) is 15.4. The topological polar surface area (TPSA) is 0 Å². The second-order valence-electron chi connectivity index (χ2n) is 9.47. The fourth-order valence-electron chi connectivity index (χ4n) is 5.75. The molecule has 4 rings (SSSR count). The van der Waals surface area contributed by atoms with Gasteiger partial charge < -0.3 is 37.2 Å².